The first-order chi connectivity index (χ1) is 12.1. The van der Waals surface area contributed by atoms with Gasteiger partial charge in [-0.15, -0.1) is 0 Å². The Morgan fingerprint density at radius 2 is 1.40 bits per heavy atom. The fraction of sp³-hybridized carbons (Fsp3) is 0.182. The summed E-state index contributed by atoms with van der Waals surface area (Å²) in [5.74, 6) is 0. The Morgan fingerprint density at radius 1 is 0.840 bits per heavy atom. The molecule has 1 aliphatic heterocycles. The summed E-state index contributed by atoms with van der Waals surface area (Å²) in [6.07, 6.45) is 0. The molecular weight excluding hydrogens is 326 g/mol. The normalized spacial score (nSPS) is 23.3. The maximum Gasteiger partial charge on any atom is 0.143 e. The van der Waals surface area contributed by atoms with E-state index in [2.05, 4.69) is 43.0 Å². The van der Waals surface area contributed by atoms with Gasteiger partial charge in [0.2, 0.25) is 0 Å². The van der Waals surface area contributed by atoms with Crippen LogP contribution in [-0.4, -0.2) is 9.08 Å². The fourth-order valence-corrected chi connectivity index (χ4v) is 5.19. The highest BCUT2D eigenvalue weighted by molar-refractivity contribution is 7.87. The molecule has 0 N–H and O–H groups in total. The highest BCUT2D eigenvalue weighted by Crippen LogP contribution is 2.58. The summed E-state index contributed by atoms with van der Waals surface area (Å²) < 4.78 is 13.5. The second-order valence-electron chi connectivity index (χ2n) is 6.66. The Labute approximate surface area is 151 Å². The van der Waals surface area contributed by atoms with Crippen LogP contribution < -0.4 is 4.90 Å². The second-order valence-corrected chi connectivity index (χ2v) is 8.49. The number of para-hydroxylation sites is 1. The Bertz CT molecular complexity index is 845. The predicted molar refractivity (Wildman–Crippen MR) is 104 cm³/mol. The molecule has 0 unspecified atom stereocenters. The van der Waals surface area contributed by atoms with Crippen molar-refractivity contribution >= 4 is 16.5 Å². The molecule has 0 aromatic heterocycles. The van der Waals surface area contributed by atoms with Crippen LogP contribution in [0, 0.1) is 6.92 Å². The summed E-state index contributed by atoms with van der Waals surface area (Å²) in [5, 5.41) is 0. The van der Waals surface area contributed by atoms with Crippen LogP contribution in [0.5, 0.6) is 0 Å². The van der Waals surface area contributed by atoms with Crippen LogP contribution in [-0.2, 0) is 10.8 Å². The zero-order valence-electron chi connectivity index (χ0n) is 14.4. The van der Waals surface area contributed by atoms with Crippen LogP contribution in [0.15, 0.2) is 89.8 Å². The molecular formula is C22H21NOS. The van der Waals surface area contributed by atoms with Crippen LogP contribution in [0.25, 0.3) is 0 Å². The molecule has 25 heavy (non-hydrogen) atoms. The molecule has 4 rings (SSSR count). The molecule has 1 saturated heterocycles. The monoisotopic (exact) mass is 347 g/mol. The van der Waals surface area contributed by atoms with E-state index in [1.165, 1.54) is 11.1 Å². The van der Waals surface area contributed by atoms with E-state index >= 15 is 0 Å². The lowest BCUT2D eigenvalue weighted by atomic mass is 10.1. The minimum absolute atomic E-state index is 0.109. The third-order valence-electron chi connectivity index (χ3n) is 4.94. The van der Waals surface area contributed by atoms with E-state index in [0.29, 0.717) is 0 Å². The van der Waals surface area contributed by atoms with Crippen molar-refractivity contribution in [2.45, 2.75) is 29.7 Å². The maximum atomic E-state index is 13.5. The van der Waals surface area contributed by atoms with Gasteiger partial charge in [0.15, 0.2) is 0 Å². The number of aryl methyl sites for hydroxylation is 1. The zero-order chi connectivity index (χ0) is 17.4. The quantitative estimate of drug-likeness (QED) is 0.613. The first kappa shape index (κ1) is 16.1. The van der Waals surface area contributed by atoms with Crippen molar-refractivity contribution in [2.24, 2.45) is 0 Å². The first-order valence-electron chi connectivity index (χ1n) is 8.50. The van der Waals surface area contributed by atoms with Gasteiger partial charge >= 0.3 is 0 Å². The van der Waals surface area contributed by atoms with E-state index < -0.39 is 15.7 Å². The van der Waals surface area contributed by atoms with Gasteiger partial charge in [-0.3, -0.25) is 4.21 Å². The standard InChI is InChI=1S/C22H21NOS/c1-17-13-15-20(16-14-17)25(24)22(2)21(18-9-5-3-6-10-18)23(22)19-11-7-4-8-12-19/h3-16,21H,1-2H3/t21-,22-,23?,25-/m1/s1. The molecule has 0 saturated carbocycles. The lowest BCUT2D eigenvalue weighted by Crippen LogP contribution is -2.21. The van der Waals surface area contributed by atoms with Gasteiger partial charge in [0.1, 0.15) is 4.87 Å². The largest absolute Gasteiger partial charge is 0.342 e. The van der Waals surface area contributed by atoms with Crippen molar-refractivity contribution in [3.05, 3.63) is 96.1 Å². The Morgan fingerprint density at radius 3 is 2.00 bits per heavy atom. The van der Waals surface area contributed by atoms with Crippen molar-refractivity contribution in [3.63, 3.8) is 0 Å². The van der Waals surface area contributed by atoms with Gasteiger partial charge in [0.25, 0.3) is 0 Å². The number of rotatable bonds is 4. The van der Waals surface area contributed by atoms with Gasteiger partial charge < -0.3 is 4.90 Å². The Balaban J connectivity index is 1.77. The van der Waals surface area contributed by atoms with Gasteiger partial charge in [0.05, 0.1) is 16.8 Å². The molecule has 2 nitrogen and oxygen atoms in total. The van der Waals surface area contributed by atoms with Gasteiger partial charge in [-0.2, -0.15) is 0 Å². The first-order valence-corrected chi connectivity index (χ1v) is 9.65. The van der Waals surface area contributed by atoms with Gasteiger partial charge in [-0.05, 0) is 43.7 Å². The molecule has 1 aliphatic rings. The van der Waals surface area contributed by atoms with E-state index in [0.717, 1.165) is 10.6 Å². The lowest BCUT2D eigenvalue weighted by Gasteiger charge is -2.13. The average molecular weight is 347 g/mol. The SMILES string of the molecule is Cc1ccc([S@@](=O)[C@]2(C)[C@@H](c3ccccc3)N2c2ccccc2)cc1. The van der Waals surface area contributed by atoms with Crippen molar-refractivity contribution in [2.75, 3.05) is 4.90 Å². The van der Waals surface area contributed by atoms with Gasteiger partial charge in [-0.1, -0.05) is 66.2 Å². The molecule has 3 aromatic carbocycles. The Kier molecular flexibility index (Phi) is 3.97. The van der Waals surface area contributed by atoms with E-state index in [4.69, 9.17) is 0 Å². The number of anilines is 1. The molecule has 0 bridgehead atoms. The van der Waals surface area contributed by atoms with Crippen molar-refractivity contribution in [3.8, 4) is 0 Å². The van der Waals surface area contributed by atoms with Crippen LogP contribution in [0.2, 0.25) is 0 Å². The van der Waals surface area contributed by atoms with Gasteiger partial charge in [-0.25, -0.2) is 0 Å². The summed E-state index contributed by atoms with van der Waals surface area (Å²) in [5.41, 5.74) is 3.50. The number of nitrogens with zero attached hydrogens (tertiary/aromatic N) is 1. The molecule has 0 spiro atoms. The maximum absolute atomic E-state index is 13.5. The number of hydrogen-bond acceptors (Lipinski definition) is 2. The smallest absolute Gasteiger partial charge is 0.143 e. The lowest BCUT2D eigenvalue weighted by molar-refractivity contribution is 0.670. The van der Waals surface area contributed by atoms with Gasteiger partial charge in [0, 0.05) is 10.6 Å². The molecule has 1 fully saturated rings. The van der Waals surface area contributed by atoms with Crippen LogP contribution in [0.3, 0.4) is 0 Å². The molecule has 0 radical (unpaired) electrons. The highest BCUT2D eigenvalue weighted by Gasteiger charge is 2.64. The van der Waals surface area contributed by atoms with E-state index in [1.54, 1.807) is 0 Å². The third-order valence-corrected chi connectivity index (χ3v) is 6.81. The van der Waals surface area contributed by atoms with E-state index in [-0.39, 0.29) is 6.04 Å². The van der Waals surface area contributed by atoms with Crippen LogP contribution >= 0.6 is 0 Å². The minimum atomic E-state index is -1.13. The second kappa shape index (κ2) is 6.16. The fourth-order valence-electron chi connectivity index (χ4n) is 3.55. The molecule has 126 valence electrons. The zero-order valence-corrected chi connectivity index (χ0v) is 15.2. The van der Waals surface area contributed by atoms with Crippen molar-refractivity contribution in [1.82, 2.24) is 0 Å². The predicted octanol–water partition coefficient (Wildman–Crippen LogP) is 5.08. The molecule has 0 amide bonds. The summed E-state index contributed by atoms with van der Waals surface area (Å²) in [6.45, 7) is 4.15. The molecule has 1 heterocycles. The number of hydrogen-bond donors (Lipinski definition) is 0. The summed E-state index contributed by atoms with van der Waals surface area (Å²) >= 11 is 0. The summed E-state index contributed by atoms with van der Waals surface area (Å²) in [4.78, 5) is 2.71. The molecule has 3 heteroatoms. The highest BCUT2D eigenvalue weighted by atomic mass is 32.2. The third kappa shape index (κ3) is 2.69. The molecule has 3 atom stereocenters. The van der Waals surface area contributed by atoms with E-state index in [1.807, 2.05) is 60.7 Å². The van der Waals surface area contributed by atoms with Crippen molar-refractivity contribution < 1.29 is 4.21 Å². The van der Waals surface area contributed by atoms with Crippen LogP contribution in [0.4, 0.5) is 5.69 Å². The minimum Gasteiger partial charge on any atom is -0.342 e. The summed E-state index contributed by atoms with van der Waals surface area (Å²) in [6, 6.07) is 28.8. The molecule has 0 aliphatic carbocycles. The van der Waals surface area contributed by atoms with E-state index in [9.17, 15) is 4.21 Å². The van der Waals surface area contributed by atoms with Crippen molar-refractivity contribution in [1.29, 1.82) is 0 Å². The topological polar surface area (TPSA) is 20.1 Å². The summed E-state index contributed by atoms with van der Waals surface area (Å²) in [7, 11) is -1.13. The number of benzene rings is 3. The van der Waals surface area contributed by atoms with Crippen LogP contribution in [0.1, 0.15) is 24.1 Å². The average Bonchev–Trinajstić information content (AvgIpc) is 3.30. The Hall–Kier alpha value is -2.39. The molecule has 3 aromatic rings.